The van der Waals surface area contributed by atoms with Crippen LogP contribution in [-0.2, 0) is 6.54 Å². The van der Waals surface area contributed by atoms with Crippen molar-refractivity contribution in [1.82, 2.24) is 5.32 Å². The number of aliphatic hydroxyl groups excluding tert-OH is 1. The fourth-order valence-electron chi connectivity index (χ4n) is 1.67. The number of hydrogen-bond donors (Lipinski definition) is 2. The Morgan fingerprint density at radius 1 is 1.25 bits per heavy atom. The summed E-state index contributed by atoms with van der Waals surface area (Å²) in [7, 11) is 0. The minimum atomic E-state index is 0.237. The third-order valence-electron chi connectivity index (χ3n) is 3.25. The minimum Gasteiger partial charge on any atom is -0.396 e. The van der Waals surface area contributed by atoms with E-state index in [1.807, 2.05) is 0 Å². The summed E-state index contributed by atoms with van der Waals surface area (Å²) in [5, 5.41) is 12.5. The van der Waals surface area contributed by atoms with E-state index in [9.17, 15) is 0 Å². The van der Waals surface area contributed by atoms with Crippen molar-refractivity contribution in [3.05, 3.63) is 34.9 Å². The molecule has 0 saturated carbocycles. The summed E-state index contributed by atoms with van der Waals surface area (Å²) >= 11 is 0. The second kappa shape index (κ2) is 6.02. The molecule has 2 N–H and O–H groups in total. The monoisotopic (exact) mass is 221 g/mol. The molecule has 1 rings (SSSR count). The summed E-state index contributed by atoms with van der Waals surface area (Å²) in [5.74, 6) is 0.297. The van der Waals surface area contributed by atoms with Crippen LogP contribution in [0.2, 0.25) is 0 Å². The van der Waals surface area contributed by atoms with E-state index in [0.717, 1.165) is 6.54 Å². The molecular formula is C14H23NO. The van der Waals surface area contributed by atoms with Gasteiger partial charge in [0.05, 0.1) is 0 Å². The molecule has 2 heteroatoms. The van der Waals surface area contributed by atoms with Gasteiger partial charge >= 0.3 is 0 Å². The summed E-state index contributed by atoms with van der Waals surface area (Å²) in [6.07, 6.45) is 0. The van der Waals surface area contributed by atoms with Crippen LogP contribution in [0.25, 0.3) is 0 Å². The maximum absolute atomic E-state index is 9.05. The van der Waals surface area contributed by atoms with Gasteiger partial charge < -0.3 is 10.4 Å². The first-order chi connectivity index (χ1) is 7.54. The summed E-state index contributed by atoms with van der Waals surface area (Å²) < 4.78 is 0. The molecule has 1 aromatic carbocycles. The molecule has 0 aliphatic heterocycles. The quantitative estimate of drug-likeness (QED) is 0.800. The maximum Gasteiger partial charge on any atom is 0.0471 e. The van der Waals surface area contributed by atoms with E-state index in [0.29, 0.717) is 12.0 Å². The van der Waals surface area contributed by atoms with Crippen molar-refractivity contribution in [1.29, 1.82) is 0 Å². The van der Waals surface area contributed by atoms with Gasteiger partial charge in [-0.1, -0.05) is 30.7 Å². The maximum atomic E-state index is 9.05. The summed E-state index contributed by atoms with van der Waals surface area (Å²) in [6.45, 7) is 9.54. The van der Waals surface area contributed by atoms with Gasteiger partial charge in [-0.3, -0.25) is 0 Å². The molecule has 0 saturated heterocycles. The van der Waals surface area contributed by atoms with Crippen molar-refractivity contribution in [2.75, 3.05) is 6.61 Å². The molecule has 0 radical (unpaired) electrons. The van der Waals surface area contributed by atoms with Crippen LogP contribution in [0.1, 0.15) is 30.5 Å². The van der Waals surface area contributed by atoms with E-state index >= 15 is 0 Å². The van der Waals surface area contributed by atoms with Gasteiger partial charge in [0.25, 0.3) is 0 Å². The van der Waals surface area contributed by atoms with E-state index < -0.39 is 0 Å². The molecule has 2 nitrogen and oxygen atoms in total. The lowest BCUT2D eigenvalue weighted by Crippen LogP contribution is -2.33. The Morgan fingerprint density at radius 3 is 2.50 bits per heavy atom. The Bertz CT molecular complexity index is 336. The van der Waals surface area contributed by atoms with Gasteiger partial charge in [0, 0.05) is 19.2 Å². The summed E-state index contributed by atoms with van der Waals surface area (Å²) in [6, 6.07) is 6.86. The van der Waals surface area contributed by atoms with Crippen LogP contribution in [0, 0.1) is 19.8 Å². The number of aliphatic hydroxyl groups is 1. The van der Waals surface area contributed by atoms with Crippen molar-refractivity contribution in [2.24, 2.45) is 5.92 Å². The first kappa shape index (κ1) is 13.2. The molecule has 0 fully saturated rings. The van der Waals surface area contributed by atoms with Crippen LogP contribution in [0.5, 0.6) is 0 Å². The predicted molar refractivity (Wildman–Crippen MR) is 68.5 cm³/mol. The van der Waals surface area contributed by atoms with Gasteiger partial charge in [-0.05, 0) is 37.8 Å². The fourth-order valence-corrected chi connectivity index (χ4v) is 1.67. The SMILES string of the molecule is Cc1ccc(CNC(C)C(C)CO)c(C)c1. The Kier molecular flexibility index (Phi) is 4.97. The lowest BCUT2D eigenvalue weighted by Gasteiger charge is -2.20. The summed E-state index contributed by atoms with van der Waals surface area (Å²) in [4.78, 5) is 0. The van der Waals surface area contributed by atoms with E-state index in [2.05, 4.69) is 51.2 Å². The summed E-state index contributed by atoms with van der Waals surface area (Å²) in [5.41, 5.74) is 3.97. The zero-order valence-electron chi connectivity index (χ0n) is 10.7. The molecule has 0 spiro atoms. The number of hydrogen-bond acceptors (Lipinski definition) is 2. The highest BCUT2D eigenvalue weighted by Gasteiger charge is 2.10. The topological polar surface area (TPSA) is 32.3 Å². The van der Waals surface area contributed by atoms with E-state index in [-0.39, 0.29) is 6.61 Å². The van der Waals surface area contributed by atoms with E-state index in [4.69, 9.17) is 5.11 Å². The Hall–Kier alpha value is -0.860. The number of benzene rings is 1. The first-order valence-corrected chi connectivity index (χ1v) is 5.95. The molecule has 2 atom stereocenters. The highest BCUT2D eigenvalue weighted by Crippen LogP contribution is 2.11. The van der Waals surface area contributed by atoms with Crippen LogP contribution in [0.15, 0.2) is 18.2 Å². The molecule has 0 aliphatic carbocycles. The van der Waals surface area contributed by atoms with Crippen LogP contribution in [0.4, 0.5) is 0 Å². The van der Waals surface area contributed by atoms with Crippen molar-refractivity contribution in [3.8, 4) is 0 Å². The molecule has 0 aliphatic rings. The molecule has 90 valence electrons. The third kappa shape index (κ3) is 3.62. The minimum absolute atomic E-state index is 0.237. The average molecular weight is 221 g/mol. The molecule has 1 aromatic rings. The van der Waals surface area contributed by atoms with Crippen molar-refractivity contribution in [2.45, 2.75) is 40.3 Å². The highest BCUT2D eigenvalue weighted by molar-refractivity contribution is 5.30. The van der Waals surface area contributed by atoms with Crippen molar-refractivity contribution < 1.29 is 5.11 Å². The molecule has 0 aromatic heterocycles. The van der Waals surface area contributed by atoms with E-state index in [1.165, 1.54) is 16.7 Å². The number of nitrogens with one attached hydrogen (secondary N) is 1. The lowest BCUT2D eigenvalue weighted by atomic mass is 10.0. The van der Waals surface area contributed by atoms with Crippen molar-refractivity contribution in [3.63, 3.8) is 0 Å². The van der Waals surface area contributed by atoms with Crippen LogP contribution >= 0.6 is 0 Å². The zero-order chi connectivity index (χ0) is 12.1. The Morgan fingerprint density at radius 2 is 1.94 bits per heavy atom. The second-order valence-electron chi connectivity index (χ2n) is 4.76. The zero-order valence-corrected chi connectivity index (χ0v) is 10.7. The van der Waals surface area contributed by atoms with Gasteiger partial charge in [-0.25, -0.2) is 0 Å². The molecule has 0 heterocycles. The van der Waals surface area contributed by atoms with Gasteiger partial charge in [0.1, 0.15) is 0 Å². The third-order valence-corrected chi connectivity index (χ3v) is 3.25. The average Bonchev–Trinajstić information content (AvgIpc) is 2.26. The molecule has 0 bridgehead atoms. The van der Waals surface area contributed by atoms with Crippen LogP contribution in [0.3, 0.4) is 0 Å². The lowest BCUT2D eigenvalue weighted by molar-refractivity contribution is 0.207. The predicted octanol–water partition coefficient (Wildman–Crippen LogP) is 2.41. The van der Waals surface area contributed by atoms with Crippen LogP contribution < -0.4 is 5.32 Å². The van der Waals surface area contributed by atoms with Crippen LogP contribution in [-0.4, -0.2) is 17.8 Å². The number of aryl methyl sites for hydroxylation is 2. The largest absolute Gasteiger partial charge is 0.396 e. The standard InChI is InChI=1S/C14H23NO/c1-10-5-6-14(11(2)7-10)8-15-13(4)12(3)9-16/h5-7,12-13,15-16H,8-9H2,1-4H3. The van der Waals surface area contributed by atoms with Gasteiger partial charge in [0.15, 0.2) is 0 Å². The second-order valence-corrected chi connectivity index (χ2v) is 4.76. The van der Waals surface area contributed by atoms with Gasteiger partial charge in [0.2, 0.25) is 0 Å². The normalized spacial score (nSPS) is 14.8. The Labute approximate surface area is 98.7 Å². The fraction of sp³-hybridized carbons (Fsp3) is 0.571. The molecule has 16 heavy (non-hydrogen) atoms. The number of rotatable bonds is 5. The van der Waals surface area contributed by atoms with Gasteiger partial charge in [-0.15, -0.1) is 0 Å². The molecule has 2 unspecified atom stereocenters. The first-order valence-electron chi connectivity index (χ1n) is 5.95. The smallest absolute Gasteiger partial charge is 0.0471 e. The van der Waals surface area contributed by atoms with E-state index in [1.54, 1.807) is 0 Å². The van der Waals surface area contributed by atoms with Gasteiger partial charge in [-0.2, -0.15) is 0 Å². The Balaban J connectivity index is 2.54. The molecular weight excluding hydrogens is 198 g/mol. The van der Waals surface area contributed by atoms with Crippen molar-refractivity contribution >= 4 is 0 Å². The highest BCUT2D eigenvalue weighted by atomic mass is 16.3. The molecule has 0 amide bonds.